The number of aliphatic hydroxyl groups excluding tert-OH is 1. The highest BCUT2D eigenvalue weighted by Gasteiger charge is 2.31. The third-order valence-electron chi connectivity index (χ3n) is 3.98. The molecule has 1 saturated carbocycles. The highest BCUT2D eigenvalue weighted by molar-refractivity contribution is 5.41. The molecule has 19 heavy (non-hydrogen) atoms. The number of β-amino-alcohol motifs (C(OH)–C–C–N with tert-alkyl or cyclic N) is 1. The average Bonchev–Trinajstić information content (AvgIpc) is 2.41. The fourth-order valence-corrected chi connectivity index (χ4v) is 2.44. The summed E-state index contributed by atoms with van der Waals surface area (Å²) in [5.74, 6) is 1.42. The van der Waals surface area contributed by atoms with Gasteiger partial charge in [0.1, 0.15) is 11.5 Å². The minimum Gasteiger partial charge on any atom is -0.497 e. The number of hydrogen-bond donors (Lipinski definition) is 2. The normalized spacial score (nSPS) is 18.5. The summed E-state index contributed by atoms with van der Waals surface area (Å²) in [6.45, 7) is 2.73. The maximum Gasteiger partial charge on any atom is 0.124 e. The number of methoxy groups -OCH3 is 2. The molecule has 1 aliphatic rings. The predicted molar refractivity (Wildman–Crippen MR) is 74.8 cm³/mol. The lowest BCUT2D eigenvalue weighted by molar-refractivity contribution is 0.129. The van der Waals surface area contributed by atoms with Gasteiger partial charge < -0.3 is 19.9 Å². The van der Waals surface area contributed by atoms with Gasteiger partial charge in [0.25, 0.3) is 0 Å². The molecule has 106 valence electrons. The molecule has 0 radical (unpaired) electrons. The van der Waals surface area contributed by atoms with Crippen molar-refractivity contribution in [2.75, 3.05) is 20.8 Å². The first-order chi connectivity index (χ1) is 9.08. The molecule has 1 unspecified atom stereocenters. The van der Waals surface area contributed by atoms with Gasteiger partial charge in [0.15, 0.2) is 0 Å². The Hall–Kier alpha value is -1.26. The Morgan fingerprint density at radius 1 is 1.32 bits per heavy atom. The molecule has 1 aromatic rings. The summed E-state index contributed by atoms with van der Waals surface area (Å²) in [6, 6.07) is 5.48. The molecule has 0 aliphatic heterocycles. The Morgan fingerprint density at radius 3 is 2.58 bits per heavy atom. The first-order valence-electron chi connectivity index (χ1n) is 6.73. The molecule has 0 saturated heterocycles. The number of benzene rings is 1. The quantitative estimate of drug-likeness (QED) is 0.828. The summed E-state index contributed by atoms with van der Waals surface area (Å²) in [5, 5.41) is 13.8. The Morgan fingerprint density at radius 2 is 2.05 bits per heavy atom. The highest BCUT2D eigenvalue weighted by Crippen LogP contribution is 2.33. The monoisotopic (exact) mass is 265 g/mol. The molecule has 1 aromatic carbocycles. The van der Waals surface area contributed by atoms with Crippen molar-refractivity contribution in [3.63, 3.8) is 0 Å². The van der Waals surface area contributed by atoms with Crippen LogP contribution in [0.25, 0.3) is 0 Å². The molecule has 0 bridgehead atoms. The van der Waals surface area contributed by atoms with Crippen molar-refractivity contribution in [2.45, 2.75) is 37.8 Å². The van der Waals surface area contributed by atoms with Gasteiger partial charge in [0.2, 0.25) is 0 Å². The van der Waals surface area contributed by atoms with Gasteiger partial charge in [0, 0.05) is 17.6 Å². The van der Waals surface area contributed by atoms with Crippen molar-refractivity contribution in [2.24, 2.45) is 0 Å². The van der Waals surface area contributed by atoms with E-state index in [1.807, 2.05) is 18.2 Å². The molecule has 0 spiro atoms. The maximum absolute atomic E-state index is 10.3. The SMILES string of the molecule is COc1ccc(OC)c(C(O)CNC2(C)CCC2)c1. The molecule has 1 fully saturated rings. The van der Waals surface area contributed by atoms with E-state index in [9.17, 15) is 5.11 Å². The standard InChI is InChI=1S/C15H23NO3/c1-15(7-4-8-15)16-10-13(17)12-9-11(18-2)5-6-14(12)19-3/h5-6,9,13,16-17H,4,7-8,10H2,1-3H3. The van der Waals surface area contributed by atoms with E-state index in [0.29, 0.717) is 12.3 Å². The minimum atomic E-state index is -0.595. The van der Waals surface area contributed by atoms with E-state index in [0.717, 1.165) is 11.3 Å². The smallest absolute Gasteiger partial charge is 0.124 e. The van der Waals surface area contributed by atoms with Crippen LogP contribution in [0.1, 0.15) is 37.9 Å². The zero-order chi connectivity index (χ0) is 13.9. The first-order valence-corrected chi connectivity index (χ1v) is 6.73. The van der Waals surface area contributed by atoms with Gasteiger partial charge >= 0.3 is 0 Å². The summed E-state index contributed by atoms with van der Waals surface area (Å²) in [6.07, 6.45) is 3.02. The molecule has 0 amide bonds. The summed E-state index contributed by atoms with van der Waals surface area (Å²) >= 11 is 0. The van der Waals surface area contributed by atoms with Crippen LogP contribution >= 0.6 is 0 Å². The molecule has 2 rings (SSSR count). The van der Waals surface area contributed by atoms with Crippen LogP contribution in [0, 0.1) is 0 Å². The molecule has 0 aromatic heterocycles. The van der Waals surface area contributed by atoms with E-state index in [4.69, 9.17) is 9.47 Å². The van der Waals surface area contributed by atoms with Crippen LogP contribution in [0.2, 0.25) is 0 Å². The first kappa shape index (κ1) is 14.2. The molecular weight excluding hydrogens is 242 g/mol. The van der Waals surface area contributed by atoms with E-state index in [-0.39, 0.29) is 5.54 Å². The average molecular weight is 265 g/mol. The topological polar surface area (TPSA) is 50.7 Å². The summed E-state index contributed by atoms with van der Waals surface area (Å²) < 4.78 is 10.5. The van der Waals surface area contributed by atoms with Crippen molar-refractivity contribution in [3.8, 4) is 11.5 Å². The number of nitrogens with one attached hydrogen (secondary N) is 1. The van der Waals surface area contributed by atoms with E-state index < -0.39 is 6.10 Å². The minimum absolute atomic E-state index is 0.188. The highest BCUT2D eigenvalue weighted by atomic mass is 16.5. The lowest BCUT2D eigenvalue weighted by Crippen LogP contribution is -2.49. The van der Waals surface area contributed by atoms with Gasteiger partial charge in [-0.15, -0.1) is 0 Å². The van der Waals surface area contributed by atoms with Gasteiger partial charge in [-0.2, -0.15) is 0 Å². The Kier molecular flexibility index (Phi) is 4.32. The number of aliphatic hydroxyl groups is 1. The molecule has 2 N–H and O–H groups in total. The zero-order valence-electron chi connectivity index (χ0n) is 11.9. The fourth-order valence-electron chi connectivity index (χ4n) is 2.44. The van der Waals surface area contributed by atoms with Crippen molar-refractivity contribution >= 4 is 0 Å². The van der Waals surface area contributed by atoms with E-state index in [1.165, 1.54) is 19.3 Å². The second-order valence-electron chi connectivity index (χ2n) is 5.42. The third kappa shape index (κ3) is 3.19. The number of ether oxygens (including phenoxy) is 2. The Balaban J connectivity index is 2.06. The van der Waals surface area contributed by atoms with Gasteiger partial charge in [-0.3, -0.25) is 0 Å². The van der Waals surface area contributed by atoms with Crippen LogP contribution in [0.3, 0.4) is 0 Å². The van der Waals surface area contributed by atoms with E-state index >= 15 is 0 Å². The van der Waals surface area contributed by atoms with Gasteiger partial charge in [-0.25, -0.2) is 0 Å². The molecule has 1 atom stereocenters. The fraction of sp³-hybridized carbons (Fsp3) is 0.600. The van der Waals surface area contributed by atoms with Crippen LogP contribution in [0.5, 0.6) is 11.5 Å². The van der Waals surface area contributed by atoms with Crippen LogP contribution in [-0.2, 0) is 0 Å². The lowest BCUT2D eigenvalue weighted by Gasteiger charge is -2.40. The van der Waals surface area contributed by atoms with Crippen LogP contribution in [0.15, 0.2) is 18.2 Å². The summed E-state index contributed by atoms with van der Waals surface area (Å²) in [5.41, 5.74) is 0.949. The van der Waals surface area contributed by atoms with Gasteiger partial charge in [0.05, 0.1) is 20.3 Å². The Bertz CT molecular complexity index is 429. The second-order valence-corrected chi connectivity index (χ2v) is 5.42. The number of hydrogen-bond acceptors (Lipinski definition) is 4. The third-order valence-corrected chi connectivity index (χ3v) is 3.98. The molecule has 1 aliphatic carbocycles. The van der Waals surface area contributed by atoms with Gasteiger partial charge in [-0.1, -0.05) is 0 Å². The predicted octanol–water partition coefficient (Wildman–Crippen LogP) is 2.27. The molecule has 4 nitrogen and oxygen atoms in total. The molecule has 0 heterocycles. The largest absolute Gasteiger partial charge is 0.497 e. The Labute approximate surface area is 114 Å². The number of rotatable bonds is 6. The summed E-state index contributed by atoms with van der Waals surface area (Å²) in [4.78, 5) is 0. The van der Waals surface area contributed by atoms with Crippen molar-refractivity contribution < 1.29 is 14.6 Å². The van der Waals surface area contributed by atoms with E-state index in [2.05, 4.69) is 12.2 Å². The van der Waals surface area contributed by atoms with Crippen LogP contribution in [0.4, 0.5) is 0 Å². The molecule has 4 heteroatoms. The van der Waals surface area contributed by atoms with Crippen molar-refractivity contribution in [3.05, 3.63) is 23.8 Å². The van der Waals surface area contributed by atoms with Crippen LogP contribution < -0.4 is 14.8 Å². The second kappa shape index (κ2) is 5.80. The zero-order valence-corrected chi connectivity index (χ0v) is 11.9. The molecular formula is C15H23NO3. The van der Waals surface area contributed by atoms with Crippen molar-refractivity contribution in [1.82, 2.24) is 5.32 Å². The lowest BCUT2D eigenvalue weighted by atomic mass is 9.78. The van der Waals surface area contributed by atoms with E-state index in [1.54, 1.807) is 14.2 Å². The van der Waals surface area contributed by atoms with Crippen molar-refractivity contribution in [1.29, 1.82) is 0 Å². The summed E-state index contributed by atoms with van der Waals surface area (Å²) in [7, 11) is 3.23. The van der Waals surface area contributed by atoms with Gasteiger partial charge in [-0.05, 0) is 44.4 Å². The van der Waals surface area contributed by atoms with Crippen LogP contribution in [-0.4, -0.2) is 31.4 Å². The maximum atomic E-state index is 10.3.